The number of thiazole rings is 1. The minimum Gasteiger partial charge on any atom is -0.444 e. The molecule has 0 radical (unpaired) electrons. The molecule has 0 saturated heterocycles. The summed E-state index contributed by atoms with van der Waals surface area (Å²) in [5.41, 5.74) is 0.249. The zero-order valence-corrected chi connectivity index (χ0v) is 11.5. The summed E-state index contributed by atoms with van der Waals surface area (Å²) in [7, 11) is 0. The fraction of sp³-hybridized carbons (Fsp3) is 0.583. The third kappa shape index (κ3) is 3.07. The number of fused-ring (bicyclic) bond motifs is 1. The molecule has 0 saturated carbocycles. The SMILES string of the molecule is CC(C)(C)OC(=O)Nc1nc2c(s1)C(=O)CCC2. The summed E-state index contributed by atoms with van der Waals surface area (Å²) in [5, 5.41) is 3.00. The highest BCUT2D eigenvalue weighted by atomic mass is 32.1. The maximum Gasteiger partial charge on any atom is 0.413 e. The van der Waals surface area contributed by atoms with Crippen LogP contribution in [0.15, 0.2) is 0 Å². The topological polar surface area (TPSA) is 68.3 Å². The van der Waals surface area contributed by atoms with Gasteiger partial charge in [0.2, 0.25) is 0 Å². The van der Waals surface area contributed by atoms with Gasteiger partial charge in [-0.1, -0.05) is 11.3 Å². The number of aryl methyl sites for hydroxylation is 1. The Morgan fingerprint density at radius 3 is 2.72 bits per heavy atom. The molecule has 1 aromatic heterocycles. The lowest BCUT2D eigenvalue weighted by Crippen LogP contribution is -2.27. The van der Waals surface area contributed by atoms with Crippen molar-refractivity contribution >= 4 is 28.3 Å². The third-order valence-corrected chi connectivity index (χ3v) is 3.43. The first-order valence-electron chi connectivity index (χ1n) is 5.88. The van der Waals surface area contributed by atoms with Crippen molar-refractivity contribution in [3.8, 4) is 0 Å². The van der Waals surface area contributed by atoms with Crippen molar-refractivity contribution in [2.45, 2.75) is 45.6 Å². The van der Waals surface area contributed by atoms with Crippen LogP contribution in [0.25, 0.3) is 0 Å². The van der Waals surface area contributed by atoms with Crippen LogP contribution in [0, 0.1) is 0 Å². The van der Waals surface area contributed by atoms with Gasteiger partial charge in [0.05, 0.1) is 10.6 Å². The van der Waals surface area contributed by atoms with Gasteiger partial charge in [0.25, 0.3) is 0 Å². The molecule has 98 valence electrons. The number of Topliss-reactive ketones (excluding diaryl/α,β-unsaturated/α-hetero) is 1. The molecule has 0 aliphatic heterocycles. The molecule has 18 heavy (non-hydrogen) atoms. The van der Waals surface area contributed by atoms with Gasteiger partial charge in [-0.2, -0.15) is 0 Å². The second-order valence-corrected chi connectivity index (χ2v) is 6.20. The molecule has 0 spiro atoms. The van der Waals surface area contributed by atoms with Crippen molar-refractivity contribution in [1.82, 2.24) is 4.98 Å². The summed E-state index contributed by atoms with van der Waals surface area (Å²) in [6.45, 7) is 5.38. The number of hydrogen-bond acceptors (Lipinski definition) is 5. The van der Waals surface area contributed by atoms with Gasteiger partial charge < -0.3 is 4.74 Å². The van der Waals surface area contributed by atoms with Crippen molar-refractivity contribution in [3.63, 3.8) is 0 Å². The Balaban J connectivity index is 2.07. The molecule has 5 nitrogen and oxygen atoms in total. The quantitative estimate of drug-likeness (QED) is 0.850. The average molecular weight is 268 g/mol. The van der Waals surface area contributed by atoms with Crippen molar-refractivity contribution in [3.05, 3.63) is 10.6 Å². The highest BCUT2D eigenvalue weighted by Gasteiger charge is 2.24. The van der Waals surface area contributed by atoms with Gasteiger partial charge in [-0.05, 0) is 33.6 Å². The van der Waals surface area contributed by atoms with E-state index in [2.05, 4.69) is 10.3 Å². The Hall–Kier alpha value is -1.43. The van der Waals surface area contributed by atoms with E-state index >= 15 is 0 Å². The minimum atomic E-state index is -0.545. The summed E-state index contributed by atoms with van der Waals surface area (Å²) < 4.78 is 5.13. The number of rotatable bonds is 1. The molecule has 6 heteroatoms. The second-order valence-electron chi connectivity index (χ2n) is 5.20. The average Bonchev–Trinajstić information content (AvgIpc) is 2.58. The van der Waals surface area contributed by atoms with Gasteiger partial charge in [-0.3, -0.25) is 10.1 Å². The number of amides is 1. The fourth-order valence-corrected chi connectivity index (χ4v) is 2.68. The van der Waals surface area contributed by atoms with Crippen LogP contribution in [0.2, 0.25) is 0 Å². The maximum absolute atomic E-state index is 11.6. The number of ether oxygens (including phenoxy) is 1. The number of aromatic nitrogens is 1. The Labute approximate surface area is 110 Å². The first-order valence-corrected chi connectivity index (χ1v) is 6.70. The lowest BCUT2D eigenvalue weighted by atomic mass is 10.0. The molecule has 1 heterocycles. The largest absolute Gasteiger partial charge is 0.444 e. The van der Waals surface area contributed by atoms with Crippen LogP contribution < -0.4 is 5.32 Å². The standard InChI is InChI=1S/C12H16N2O3S/c1-12(2,3)17-11(16)14-10-13-7-5-4-6-8(15)9(7)18-10/h4-6H2,1-3H3,(H,13,14,16). The van der Waals surface area contributed by atoms with E-state index in [0.717, 1.165) is 18.5 Å². The first-order chi connectivity index (χ1) is 8.35. The van der Waals surface area contributed by atoms with Gasteiger partial charge in [0, 0.05) is 6.42 Å². The second kappa shape index (κ2) is 4.68. The van der Waals surface area contributed by atoms with E-state index in [0.29, 0.717) is 16.4 Å². The van der Waals surface area contributed by atoms with Gasteiger partial charge in [-0.15, -0.1) is 0 Å². The Kier molecular flexibility index (Phi) is 3.38. The van der Waals surface area contributed by atoms with Crippen molar-refractivity contribution < 1.29 is 14.3 Å². The Morgan fingerprint density at radius 2 is 2.11 bits per heavy atom. The first kappa shape index (κ1) is 13.0. The molecule has 1 aliphatic rings. The van der Waals surface area contributed by atoms with Gasteiger partial charge in [0.1, 0.15) is 5.60 Å². The normalized spacial score (nSPS) is 15.2. The number of nitrogens with zero attached hydrogens (tertiary/aromatic N) is 1. The fourth-order valence-electron chi connectivity index (χ4n) is 1.71. The lowest BCUT2D eigenvalue weighted by molar-refractivity contribution is 0.0635. The molecule has 0 bridgehead atoms. The molecule has 0 unspecified atom stereocenters. The molecule has 1 aromatic rings. The molecule has 0 atom stereocenters. The van der Waals surface area contributed by atoms with Crippen LogP contribution in [0.1, 0.15) is 49.0 Å². The van der Waals surface area contributed by atoms with Crippen molar-refractivity contribution in [2.75, 3.05) is 5.32 Å². The smallest absolute Gasteiger partial charge is 0.413 e. The lowest BCUT2D eigenvalue weighted by Gasteiger charge is -2.18. The maximum atomic E-state index is 11.6. The zero-order chi connectivity index (χ0) is 13.3. The van der Waals surface area contributed by atoms with Crippen LogP contribution in [0.5, 0.6) is 0 Å². The molecular weight excluding hydrogens is 252 g/mol. The monoisotopic (exact) mass is 268 g/mol. The summed E-state index contributed by atoms with van der Waals surface area (Å²) >= 11 is 1.23. The highest BCUT2D eigenvalue weighted by Crippen LogP contribution is 2.29. The molecule has 1 aliphatic carbocycles. The highest BCUT2D eigenvalue weighted by molar-refractivity contribution is 7.17. The van der Waals surface area contributed by atoms with E-state index < -0.39 is 11.7 Å². The molecule has 2 rings (SSSR count). The van der Waals surface area contributed by atoms with Gasteiger partial charge >= 0.3 is 6.09 Å². The van der Waals surface area contributed by atoms with E-state index in [1.807, 2.05) is 0 Å². The van der Waals surface area contributed by atoms with Gasteiger partial charge in [0.15, 0.2) is 10.9 Å². The number of anilines is 1. The minimum absolute atomic E-state index is 0.117. The predicted molar refractivity (Wildman–Crippen MR) is 69.2 cm³/mol. The molecule has 1 amide bonds. The van der Waals surface area contributed by atoms with Gasteiger partial charge in [-0.25, -0.2) is 9.78 Å². The molecular formula is C12H16N2O3S. The number of carbonyl (C=O) groups is 2. The number of nitrogens with one attached hydrogen (secondary N) is 1. The number of carbonyl (C=O) groups excluding carboxylic acids is 2. The molecule has 1 N–H and O–H groups in total. The Bertz CT molecular complexity index is 488. The van der Waals surface area contributed by atoms with E-state index in [4.69, 9.17) is 4.74 Å². The summed E-state index contributed by atoms with van der Waals surface area (Å²) in [5.74, 6) is 0.117. The third-order valence-electron chi connectivity index (χ3n) is 2.38. The number of hydrogen-bond donors (Lipinski definition) is 1. The molecule has 0 fully saturated rings. The van der Waals surface area contributed by atoms with Crippen LogP contribution in [0.3, 0.4) is 0 Å². The Morgan fingerprint density at radius 1 is 1.39 bits per heavy atom. The summed E-state index contributed by atoms with van der Waals surface area (Å²) in [6.07, 6.45) is 1.66. The van der Waals surface area contributed by atoms with E-state index in [1.54, 1.807) is 20.8 Å². The van der Waals surface area contributed by atoms with E-state index in [1.165, 1.54) is 11.3 Å². The van der Waals surface area contributed by atoms with Crippen LogP contribution in [0.4, 0.5) is 9.93 Å². The van der Waals surface area contributed by atoms with Crippen molar-refractivity contribution in [2.24, 2.45) is 0 Å². The predicted octanol–water partition coefficient (Wildman–Crippen LogP) is 3.01. The van der Waals surface area contributed by atoms with Crippen LogP contribution in [-0.2, 0) is 11.2 Å². The van der Waals surface area contributed by atoms with E-state index in [-0.39, 0.29) is 5.78 Å². The molecule has 0 aromatic carbocycles. The van der Waals surface area contributed by atoms with Crippen LogP contribution >= 0.6 is 11.3 Å². The zero-order valence-electron chi connectivity index (χ0n) is 10.7. The summed E-state index contributed by atoms with van der Waals surface area (Å²) in [6, 6.07) is 0. The summed E-state index contributed by atoms with van der Waals surface area (Å²) in [4.78, 5) is 28.1. The van der Waals surface area contributed by atoms with Crippen LogP contribution in [-0.4, -0.2) is 22.5 Å². The van der Waals surface area contributed by atoms with E-state index in [9.17, 15) is 9.59 Å². The van der Waals surface area contributed by atoms with Crippen molar-refractivity contribution in [1.29, 1.82) is 0 Å². The number of ketones is 1.